The predicted molar refractivity (Wildman–Crippen MR) is 68.4 cm³/mol. The summed E-state index contributed by atoms with van der Waals surface area (Å²) in [5.74, 6) is 0.117. The van der Waals surface area contributed by atoms with Crippen molar-refractivity contribution in [1.82, 2.24) is 9.80 Å². The molecule has 2 aliphatic heterocycles. The van der Waals surface area contributed by atoms with Crippen LogP contribution in [0, 0.1) is 0 Å². The number of rotatable bonds is 3. The molecular weight excluding hydrogens is 238 g/mol. The second kappa shape index (κ2) is 5.86. The Morgan fingerprint density at radius 1 is 1.47 bits per heavy atom. The highest BCUT2D eigenvalue weighted by Crippen LogP contribution is 2.30. The van der Waals surface area contributed by atoms with Crippen LogP contribution >= 0.6 is 11.8 Å². The zero-order chi connectivity index (χ0) is 12.3. The molecular formula is C11H19N3O2S. The van der Waals surface area contributed by atoms with Gasteiger partial charge in [0.2, 0.25) is 0 Å². The predicted octanol–water partition coefficient (Wildman–Crippen LogP) is -0.571. The Balaban J connectivity index is 1.82. The molecule has 2 aliphatic rings. The van der Waals surface area contributed by atoms with E-state index in [4.69, 9.17) is 10.8 Å². The Morgan fingerprint density at radius 3 is 2.71 bits per heavy atom. The lowest BCUT2D eigenvalue weighted by atomic mass is 10.3. The molecule has 6 heteroatoms. The topological polar surface area (TPSA) is 69.8 Å². The molecule has 1 unspecified atom stereocenters. The summed E-state index contributed by atoms with van der Waals surface area (Å²) in [6.45, 7) is 4.05. The van der Waals surface area contributed by atoms with Crippen molar-refractivity contribution in [2.75, 3.05) is 39.3 Å². The molecule has 1 amide bonds. The molecule has 0 radical (unpaired) electrons. The number of aliphatic hydroxyl groups excluding tert-OH is 1. The van der Waals surface area contributed by atoms with E-state index in [0.717, 1.165) is 37.5 Å². The van der Waals surface area contributed by atoms with Gasteiger partial charge in [0.15, 0.2) is 0 Å². The molecule has 0 bridgehead atoms. The van der Waals surface area contributed by atoms with Crippen LogP contribution in [0.15, 0.2) is 11.0 Å². The van der Waals surface area contributed by atoms with Gasteiger partial charge in [-0.05, 0) is 6.42 Å². The summed E-state index contributed by atoms with van der Waals surface area (Å²) in [5, 5.41) is 8.89. The second-order valence-electron chi connectivity index (χ2n) is 4.32. The number of hydrogen-bond acceptors (Lipinski definition) is 5. The van der Waals surface area contributed by atoms with Gasteiger partial charge in [-0.2, -0.15) is 0 Å². The van der Waals surface area contributed by atoms with Crippen LogP contribution < -0.4 is 5.73 Å². The maximum Gasteiger partial charge on any atom is 0.260 e. The fourth-order valence-corrected chi connectivity index (χ4v) is 3.03. The fraction of sp³-hybridized carbons (Fsp3) is 0.727. The molecule has 0 spiro atoms. The third-order valence-corrected chi connectivity index (χ3v) is 4.19. The molecule has 2 rings (SSSR count). The van der Waals surface area contributed by atoms with Crippen LogP contribution in [0.25, 0.3) is 0 Å². The molecule has 5 nitrogen and oxygen atoms in total. The first-order valence-corrected chi connectivity index (χ1v) is 6.83. The zero-order valence-corrected chi connectivity index (χ0v) is 10.7. The standard InChI is InChI=1S/C11H19N3O2S/c12-10-2-1-9(17-10)11(16)14-5-3-13(4-6-14)7-8-15/h1,10,15H,2-8,12H2. The van der Waals surface area contributed by atoms with E-state index >= 15 is 0 Å². The number of amides is 1. The molecule has 0 aromatic carbocycles. The molecule has 96 valence electrons. The molecule has 0 saturated carbocycles. The SMILES string of the molecule is NC1CC=C(C(=O)N2CCN(CCO)CC2)S1. The van der Waals surface area contributed by atoms with Crippen molar-refractivity contribution in [3.8, 4) is 0 Å². The quantitative estimate of drug-likeness (QED) is 0.708. The fourth-order valence-electron chi connectivity index (χ4n) is 2.09. The molecule has 0 aliphatic carbocycles. The van der Waals surface area contributed by atoms with Crippen molar-refractivity contribution in [1.29, 1.82) is 0 Å². The van der Waals surface area contributed by atoms with Crippen molar-refractivity contribution in [3.05, 3.63) is 11.0 Å². The van der Waals surface area contributed by atoms with Gasteiger partial charge in [-0.15, -0.1) is 11.8 Å². The number of carbonyl (C=O) groups excluding carboxylic acids is 1. The smallest absolute Gasteiger partial charge is 0.260 e. The number of nitrogens with two attached hydrogens (primary N) is 1. The Morgan fingerprint density at radius 2 is 2.18 bits per heavy atom. The van der Waals surface area contributed by atoms with Crippen LogP contribution in [0.1, 0.15) is 6.42 Å². The molecule has 1 atom stereocenters. The Hall–Kier alpha value is -0.560. The molecule has 0 aromatic heterocycles. The number of nitrogens with zero attached hydrogens (tertiary/aromatic N) is 2. The van der Waals surface area contributed by atoms with Gasteiger partial charge in [-0.3, -0.25) is 9.69 Å². The number of hydrogen-bond donors (Lipinski definition) is 2. The third kappa shape index (κ3) is 3.22. The van der Waals surface area contributed by atoms with Crippen molar-refractivity contribution >= 4 is 17.7 Å². The van der Waals surface area contributed by atoms with Gasteiger partial charge in [-0.25, -0.2) is 0 Å². The average Bonchev–Trinajstić information content (AvgIpc) is 2.76. The van der Waals surface area contributed by atoms with Gasteiger partial charge in [0.1, 0.15) is 0 Å². The van der Waals surface area contributed by atoms with Gasteiger partial charge in [0.25, 0.3) is 5.91 Å². The van der Waals surface area contributed by atoms with E-state index in [1.807, 2.05) is 11.0 Å². The normalized spacial score (nSPS) is 26.1. The lowest BCUT2D eigenvalue weighted by Crippen LogP contribution is -2.49. The zero-order valence-electron chi connectivity index (χ0n) is 9.84. The Kier molecular flexibility index (Phi) is 4.44. The molecule has 17 heavy (non-hydrogen) atoms. The van der Waals surface area contributed by atoms with Gasteiger partial charge >= 0.3 is 0 Å². The van der Waals surface area contributed by atoms with Crippen molar-refractivity contribution in [2.24, 2.45) is 5.73 Å². The van der Waals surface area contributed by atoms with E-state index in [2.05, 4.69) is 4.90 Å². The number of piperazine rings is 1. The molecule has 1 saturated heterocycles. The van der Waals surface area contributed by atoms with Gasteiger partial charge in [0.05, 0.1) is 16.9 Å². The van der Waals surface area contributed by atoms with Crippen molar-refractivity contribution in [2.45, 2.75) is 11.8 Å². The summed E-state index contributed by atoms with van der Waals surface area (Å²) in [7, 11) is 0. The first-order chi connectivity index (χ1) is 8.20. The van der Waals surface area contributed by atoms with Crippen LogP contribution in [-0.2, 0) is 4.79 Å². The molecule has 0 aromatic rings. The number of β-amino-alcohol motifs (C(OH)–C–C–N with tert-alkyl or cyclic N) is 1. The van der Waals surface area contributed by atoms with Crippen molar-refractivity contribution in [3.63, 3.8) is 0 Å². The van der Waals surface area contributed by atoms with Gasteiger partial charge in [-0.1, -0.05) is 6.08 Å². The highest BCUT2D eigenvalue weighted by molar-refractivity contribution is 8.04. The Bertz CT molecular complexity index is 314. The maximum atomic E-state index is 12.1. The summed E-state index contributed by atoms with van der Waals surface area (Å²) >= 11 is 1.47. The second-order valence-corrected chi connectivity index (χ2v) is 5.60. The maximum absolute atomic E-state index is 12.1. The van der Waals surface area contributed by atoms with E-state index in [9.17, 15) is 4.79 Å². The first kappa shape index (κ1) is 12.9. The van der Waals surface area contributed by atoms with E-state index in [0.29, 0.717) is 6.54 Å². The number of carbonyl (C=O) groups is 1. The highest BCUT2D eigenvalue weighted by atomic mass is 32.2. The van der Waals surface area contributed by atoms with Crippen LogP contribution in [0.3, 0.4) is 0 Å². The lowest BCUT2D eigenvalue weighted by molar-refractivity contribution is -0.128. The molecule has 2 heterocycles. The van der Waals surface area contributed by atoms with E-state index in [1.165, 1.54) is 11.8 Å². The van der Waals surface area contributed by atoms with Crippen LogP contribution in [0.2, 0.25) is 0 Å². The largest absolute Gasteiger partial charge is 0.395 e. The van der Waals surface area contributed by atoms with Crippen LogP contribution in [0.5, 0.6) is 0 Å². The summed E-state index contributed by atoms with van der Waals surface area (Å²) in [5.41, 5.74) is 5.76. The minimum Gasteiger partial charge on any atom is -0.395 e. The third-order valence-electron chi connectivity index (χ3n) is 3.10. The molecule has 1 fully saturated rings. The van der Waals surface area contributed by atoms with E-state index in [-0.39, 0.29) is 17.9 Å². The summed E-state index contributed by atoms with van der Waals surface area (Å²) in [4.78, 5) is 17.0. The lowest BCUT2D eigenvalue weighted by Gasteiger charge is -2.34. The van der Waals surface area contributed by atoms with E-state index in [1.54, 1.807) is 0 Å². The van der Waals surface area contributed by atoms with E-state index < -0.39 is 0 Å². The summed E-state index contributed by atoms with van der Waals surface area (Å²) in [6.07, 6.45) is 2.73. The first-order valence-electron chi connectivity index (χ1n) is 5.95. The van der Waals surface area contributed by atoms with Crippen LogP contribution in [-0.4, -0.2) is 65.5 Å². The van der Waals surface area contributed by atoms with Crippen LogP contribution in [0.4, 0.5) is 0 Å². The van der Waals surface area contributed by atoms with Gasteiger partial charge in [0, 0.05) is 32.7 Å². The average molecular weight is 257 g/mol. The van der Waals surface area contributed by atoms with Crippen molar-refractivity contribution < 1.29 is 9.90 Å². The Labute approximate surface area is 106 Å². The highest BCUT2D eigenvalue weighted by Gasteiger charge is 2.26. The number of aliphatic hydroxyl groups is 1. The summed E-state index contributed by atoms with van der Waals surface area (Å²) in [6, 6.07) is 0. The minimum absolute atomic E-state index is 0.0460. The summed E-state index contributed by atoms with van der Waals surface area (Å²) < 4.78 is 0. The number of thioether (sulfide) groups is 1. The molecule has 3 N–H and O–H groups in total. The monoisotopic (exact) mass is 257 g/mol. The van der Waals surface area contributed by atoms with Gasteiger partial charge < -0.3 is 15.7 Å². The minimum atomic E-state index is 0.0460.